The maximum absolute atomic E-state index is 13.6. The average Bonchev–Trinajstić information content (AvgIpc) is 2.79. The van der Waals surface area contributed by atoms with E-state index in [2.05, 4.69) is 0 Å². The van der Waals surface area contributed by atoms with E-state index in [0.717, 1.165) is 10.9 Å². The van der Waals surface area contributed by atoms with Crippen LogP contribution in [-0.2, 0) is 6.42 Å². The smallest absolute Gasteiger partial charge is 0.129 e. The molecular weight excluding hydrogens is 240 g/mol. The molecule has 0 aliphatic heterocycles. The Morgan fingerprint density at radius 3 is 2.65 bits per heavy atom. The lowest BCUT2D eigenvalue weighted by atomic mass is 9.94. The van der Waals surface area contributed by atoms with Gasteiger partial charge in [-0.3, -0.25) is 0 Å². The van der Waals surface area contributed by atoms with E-state index in [4.69, 9.17) is 5.73 Å². The van der Waals surface area contributed by atoms with Gasteiger partial charge in [-0.1, -0.05) is 12.1 Å². The van der Waals surface area contributed by atoms with Crippen LogP contribution in [0.2, 0.25) is 0 Å². The van der Waals surface area contributed by atoms with Crippen molar-refractivity contribution in [2.75, 3.05) is 6.54 Å². The Morgan fingerprint density at radius 2 is 2.06 bits per heavy atom. The topological polar surface area (TPSA) is 26.0 Å². The lowest BCUT2D eigenvalue weighted by molar-refractivity contribution is 0.552. The molecule has 0 radical (unpaired) electrons. The van der Waals surface area contributed by atoms with Crippen molar-refractivity contribution in [2.45, 2.75) is 12.3 Å². The fraction of sp³-hybridized carbons (Fsp3) is 0.231. The molecule has 90 valence electrons. The number of halogens is 2. The van der Waals surface area contributed by atoms with Crippen molar-refractivity contribution in [2.24, 2.45) is 5.73 Å². The van der Waals surface area contributed by atoms with Crippen molar-refractivity contribution in [1.82, 2.24) is 0 Å². The van der Waals surface area contributed by atoms with Crippen LogP contribution in [0.3, 0.4) is 0 Å². The van der Waals surface area contributed by atoms with Gasteiger partial charge in [-0.05, 0) is 36.0 Å². The van der Waals surface area contributed by atoms with Crippen LogP contribution in [0.15, 0.2) is 35.7 Å². The molecule has 17 heavy (non-hydrogen) atoms. The van der Waals surface area contributed by atoms with Crippen LogP contribution in [0.1, 0.15) is 16.4 Å². The molecule has 1 aromatic heterocycles. The van der Waals surface area contributed by atoms with E-state index in [1.54, 1.807) is 11.3 Å². The number of thiophene rings is 1. The summed E-state index contributed by atoms with van der Waals surface area (Å²) in [6.45, 7) is 0.348. The molecule has 4 heteroatoms. The molecule has 1 nitrogen and oxygen atoms in total. The van der Waals surface area contributed by atoms with E-state index in [-0.39, 0.29) is 5.92 Å². The molecule has 0 bridgehead atoms. The summed E-state index contributed by atoms with van der Waals surface area (Å²) in [5, 5.41) is 1.98. The molecule has 1 unspecified atom stereocenters. The lowest BCUT2D eigenvalue weighted by Crippen LogP contribution is -2.16. The van der Waals surface area contributed by atoms with Crippen molar-refractivity contribution in [3.05, 3.63) is 57.8 Å². The zero-order valence-electron chi connectivity index (χ0n) is 9.20. The lowest BCUT2D eigenvalue weighted by Gasteiger charge is -2.15. The quantitative estimate of drug-likeness (QED) is 0.888. The highest BCUT2D eigenvalue weighted by atomic mass is 32.1. The molecule has 2 rings (SSSR count). The first kappa shape index (κ1) is 12.2. The van der Waals surface area contributed by atoms with Gasteiger partial charge in [0.15, 0.2) is 0 Å². The summed E-state index contributed by atoms with van der Waals surface area (Å²) in [4.78, 5) is 1.16. The maximum atomic E-state index is 13.6. The highest BCUT2D eigenvalue weighted by Crippen LogP contribution is 2.25. The van der Waals surface area contributed by atoms with Gasteiger partial charge >= 0.3 is 0 Å². The fourth-order valence-electron chi connectivity index (χ4n) is 1.82. The highest BCUT2D eigenvalue weighted by molar-refractivity contribution is 7.09. The van der Waals surface area contributed by atoms with E-state index in [0.29, 0.717) is 18.5 Å². The minimum Gasteiger partial charge on any atom is -0.330 e. The second kappa shape index (κ2) is 5.38. The van der Waals surface area contributed by atoms with Crippen LogP contribution >= 0.6 is 11.3 Å². The van der Waals surface area contributed by atoms with Gasteiger partial charge in [-0.15, -0.1) is 11.3 Å². The van der Waals surface area contributed by atoms with Crippen molar-refractivity contribution < 1.29 is 8.78 Å². The second-order valence-corrected chi connectivity index (χ2v) is 4.91. The molecule has 0 amide bonds. The summed E-state index contributed by atoms with van der Waals surface area (Å²) in [5.41, 5.74) is 6.16. The van der Waals surface area contributed by atoms with E-state index < -0.39 is 11.6 Å². The molecule has 1 atom stereocenters. The Balaban J connectivity index is 2.23. The predicted molar refractivity (Wildman–Crippen MR) is 66.2 cm³/mol. The minimum atomic E-state index is -0.557. The SMILES string of the molecule is NCC(Cc1cccs1)c1ccc(F)cc1F. The third-order valence-corrected chi connectivity index (χ3v) is 3.61. The molecule has 0 aliphatic rings. The molecule has 1 aromatic carbocycles. The van der Waals surface area contributed by atoms with Crippen molar-refractivity contribution in [3.8, 4) is 0 Å². The highest BCUT2D eigenvalue weighted by Gasteiger charge is 2.16. The van der Waals surface area contributed by atoms with Crippen molar-refractivity contribution in [3.63, 3.8) is 0 Å². The first-order valence-corrected chi connectivity index (χ1v) is 6.26. The number of hydrogen-bond acceptors (Lipinski definition) is 2. The summed E-state index contributed by atoms with van der Waals surface area (Å²) in [6, 6.07) is 7.61. The number of benzene rings is 1. The third-order valence-electron chi connectivity index (χ3n) is 2.71. The van der Waals surface area contributed by atoms with Crippen LogP contribution < -0.4 is 5.73 Å². The summed E-state index contributed by atoms with van der Waals surface area (Å²) in [7, 11) is 0. The van der Waals surface area contributed by atoms with Gasteiger partial charge < -0.3 is 5.73 Å². The molecule has 0 saturated carbocycles. The normalized spacial score (nSPS) is 12.6. The first-order chi connectivity index (χ1) is 8.20. The summed E-state index contributed by atoms with van der Waals surface area (Å²) in [6.07, 6.45) is 0.691. The van der Waals surface area contributed by atoms with Gasteiger partial charge in [0, 0.05) is 16.9 Å². The molecular formula is C13H13F2NS. The minimum absolute atomic E-state index is 0.103. The van der Waals surface area contributed by atoms with Gasteiger partial charge in [-0.25, -0.2) is 8.78 Å². The van der Waals surface area contributed by atoms with Crippen LogP contribution in [-0.4, -0.2) is 6.54 Å². The summed E-state index contributed by atoms with van der Waals surface area (Å²) in [5.74, 6) is -1.18. The summed E-state index contributed by atoms with van der Waals surface area (Å²) >= 11 is 1.62. The van der Waals surface area contributed by atoms with E-state index in [1.165, 1.54) is 12.1 Å². The van der Waals surface area contributed by atoms with Gasteiger partial charge in [0.05, 0.1) is 0 Å². The largest absolute Gasteiger partial charge is 0.330 e. The number of hydrogen-bond donors (Lipinski definition) is 1. The summed E-state index contributed by atoms with van der Waals surface area (Å²) < 4.78 is 26.4. The Bertz CT molecular complexity index is 482. The van der Waals surface area contributed by atoms with E-state index in [9.17, 15) is 8.78 Å². The Morgan fingerprint density at radius 1 is 1.24 bits per heavy atom. The van der Waals surface area contributed by atoms with Crippen molar-refractivity contribution >= 4 is 11.3 Å². The van der Waals surface area contributed by atoms with Crippen LogP contribution in [0, 0.1) is 11.6 Å². The molecule has 2 aromatic rings. The van der Waals surface area contributed by atoms with Crippen LogP contribution in [0.4, 0.5) is 8.78 Å². The molecule has 0 aliphatic carbocycles. The Kier molecular flexibility index (Phi) is 3.86. The molecule has 0 spiro atoms. The Labute approximate surface area is 103 Å². The van der Waals surface area contributed by atoms with Crippen LogP contribution in [0.5, 0.6) is 0 Å². The zero-order chi connectivity index (χ0) is 12.3. The van der Waals surface area contributed by atoms with E-state index in [1.807, 2.05) is 17.5 Å². The second-order valence-electron chi connectivity index (χ2n) is 3.88. The maximum Gasteiger partial charge on any atom is 0.129 e. The molecule has 2 N–H and O–H groups in total. The van der Waals surface area contributed by atoms with E-state index >= 15 is 0 Å². The van der Waals surface area contributed by atoms with Gasteiger partial charge in [0.25, 0.3) is 0 Å². The number of nitrogens with two attached hydrogens (primary N) is 1. The molecule has 0 fully saturated rings. The Hall–Kier alpha value is -1.26. The van der Waals surface area contributed by atoms with Crippen molar-refractivity contribution in [1.29, 1.82) is 0 Å². The predicted octanol–water partition coefficient (Wildman–Crippen LogP) is 3.31. The van der Waals surface area contributed by atoms with Gasteiger partial charge in [0.2, 0.25) is 0 Å². The first-order valence-electron chi connectivity index (χ1n) is 5.38. The standard InChI is InChI=1S/C13H13F2NS/c14-10-3-4-12(13(15)7-10)9(8-16)6-11-2-1-5-17-11/h1-5,7,9H,6,8,16H2. The molecule has 1 heterocycles. The van der Waals surface area contributed by atoms with Gasteiger partial charge in [0.1, 0.15) is 11.6 Å². The van der Waals surface area contributed by atoms with Crippen LogP contribution in [0.25, 0.3) is 0 Å². The fourth-order valence-corrected chi connectivity index (χ4v) is 2.61. The third kappa shape index (κ3) is 2.90. The number of rotatable bonds is 4. The zero-order valence-corrected chi connectivity index (χ0v) is 10.0. The van der Waals surface area contributed by atoms with Gasteiger partial charge in [-0.2, -0.15) is 0 Å². The monoisotopic (exact) mass is 253 g/mol. The average molecular weight is 253 g/mol. The molecule has 0 saturated heterocycles.